The lowest BCUT2D eigenvalue weighted by molar-refractivity contribution is -0.111. The van der Waals surface area contributed by atoms with Crippen molar-refractivity contribution in [3.63, 3.8) is 0 Å². The summed E-state index contributed by atoms with van der Waals surface area (Å²) in [6.45, 7) is -1.72. The maximum absolute atomic E-state index is 9.75. The minimum Gasteiger partial charge on any atom is -0.396 e. The van der Waals surface area contributed by atoms with Crippen molar-refractivity contribution in [3.8, 4) is 0 Å². The molecule has 5 N–H and O–H groups in total. The van der Waals surface area contributed by atoms with E-state index in [1.165, 1.54) is 0 Å². The zero-order valence-corrected chi connectivity index (χ0v) is 9.23. The van der Waals surface area contributed by atoms with E-state index in [4.69, 9.17) is 25.5 Å². The van der Waals surface area contributed by atoms with Crippen LogP contribution >= 0.6 is 12.6 Å². The third-order valence-electron chi connectivity index (χ3n) is 1.67. The van der Waals surface area contributed by atoms with Gasteiger partial charge in [0.2, 0.25) is 0 Å². The molecule has 0 saturated carbocycles. The van der Waals surface area contributed by atoms with Gasteiger partial charge in [-0.1, -0.05) is 0 Å². The molecule has 0 aliphatic heterocycles. The molecule has 0 aromatic carbocycles. The van der Waals surface area contributed by atoms with Gasteiger partial charge in [-0.3, -0.25) is 4.79 Å². The summed E-state index contributed by atoms with van der Waals surface area (Å²) >= 11 is 3.38. The van der Waals surface area contributed by atoms with E-state index >= 15 is 0 Å². The first-order valence-electron chi connectivity index (χ1n) is 4.28. The molecule has 15 heavy (non-hydrogen) atoms. The third-order valence-corrected chi connectivity index (χ3v) is 1.89. The van der Waals surface area contributed by atoms with Crippen LogP contribution in [-0.2, 0) is 4.79 Å². The molecule has 0 rings (SSSR count). The molecule has 6 nitrogen and oxygen atoms in total. The fourth-order valence-electron chi connectivity index (χ4n) is 0.396. The van der Waals surface area contributed by atoms with Gasteiger partial charge in [0.05, 0.1) is 38.4 Å². The number of carbonyl (C=O) groups excluding carboxylic acids is 1. The predicted octanol–water partition coefficient (Wildman–Crippen LogP) is -2.23. The van der Waals surface area contributed by atoms with Gasteiger partial charge in [-0.25, -0.2) is 0 Å². The monoisotopic (exact) mass is 242 g/mol. The molecule has 0 aliphatic rings. The Morgan fingerprint density at radius 1 is 0.933 bits per heavy atom. The van der Waals surface area contributed by atoms with Gasteiger partial charge in [-0.15, -0.1) is 12.6 Å². The summed E-state index contributed by atoms with van der Waals surface area (Å²) in [5.74, 6) is 0. The summed E-state index contributed by atoms with van der Waals surface area (Å²) < 4.78 is 0. The van der Waals surface area contributed by atoms with Crippen LogP contribution in [0.5, 0.6) is 0 Å². The van der Waals surface area contributed by atoms with Gasteiger partial charge in [0, 0.05) is 6.42 Å². The lowest BCUT2D eigenvalue weighted by Gasteiger charge is -2.23. The van der Waals surface area contributed by atoms with Gasteiger partial charge in [0.25, 0.3) is 0 Å². The van der Waals surface area contributed by atoms with Gasteiger partial charge in [-0.2, -0.15) is 0 Å². The fourth-order valence-corrected chi connectivity index (χ4v) is 0.496. The molecule has 92 valence electrons. The molecule has 0 bridgehead atoms. The molecule has 0 radical (unpaired) electrons. The molecule has 0 aromatic heterocycles. The predicted molar refractivity (Wildman–Crippen MR) is 56.5 cm³/mol. The van der Waals surface area contributed by atoms with Crippen molar-refractivity contribution >= 4 is 17.7 Å². The second-order valence-corrected chi connectivity index (χ2v) is 3.50. The number of carbonyl (C=O) groups is 1. The van der Waals surface area contributed by atoms with Crippen molar-refractivity contribution in [1.82, 2.24) is 0 Å². The first-order valence-corrected chi connectivity index (χ1v) is 4.72. The Bertz CT molecular complexity index is 142. The third kappa shape index (κ3) is 8.79. The lowest BCUT2D eigenvalue weighted by atomic mass is 9.93. The van der Waals surface area contributed by atoms with Crippen molar-refractivity contribution in [1.29, 1.82) is 0 Å². The molecule has 0 aromatic rings. The minimum atomic E-state index is -1.11. The average Bonchev–Trinajstić information content (AvgIpc) is 2.23. The number of hydrogen-bond acceptors (Lipinski definition) is 6. The zero-order chi connectivity index (χ0) is 12.3. The molecule has 7 heteroatoms. The molecule has 0 spiro atoms. The highest BCUT2D eigenvalue weighted by molar-refractivity contribution is 7.96. The van der Waals surface area contributed by atoms with Crippen LogP contribution in [0.3, 0.4) is 0 Å². The molecular formula is C8H18O6S. The van der Waals surface area contributed by atoms with Gasteiger partial charge < -0.3 is 25.5 Å². The highest BCUT2D eigenvalue weighted by atomic mass is 32.1. The zero-order valence-electron chi connectivity index (χ0n) is 8.33. The molecule has 0 unspecified atom stereocenters. The van der Waals surface area contributed by atoms with E-state index in [1.807, 2.05) is 0 Å². The van der Waals surface area contributed by atoms with E-state index in [2.05, 4.69) is 12.6 Å². The van der Waals surface area contributed by atoms with E-state index in [-0.39, 0.29) is 18.1 Å². The Kier molecular flexibility index (Phi) is 11.9. The maximum atomic E-state index is 9.75. The molecule has 0 fully saturated rings. The van der Waals surface area contributed by atoms with Gasteiger partial charge in [0.1, 0.15) is 0 Å². The van der Waals surface area contributed by atoms with Crippen LogP contribution in [0.2, 0.25) is 0 Å². The van der Waals surface area contributed by atoms with Crippen LogP contribution in [0.1, 0.15) is 6.42 Å². The van der Waals surface area contributed by atoms with E-state index in [9.17, 15) is 4.79 Å². The fraction of sp³-hybridized carbons (Fsp3) is 0.875. The van der Waals surface area contributed by atoms with Crippen LogP contribution in [0.25, 0.3) is 0 Å². The summed E-state index contributed by atoms with van der Waals surface area (Å²) in [4.78, 5) is 9.75. The Balaban J connectivity index is 0. The van der Waals surface area contributed by atoms with Crippen LogP contribution in [-0.4, -0.2) is 63.7 Å². The largest absolute Gasteiger partial charge is 0.396 e. The number of hydrogen-bond donors (Lipinski definition) is 6. The van der Waals surface area contributed by atoms with Gasteiger partial charge in [0.15, 0.2) is 5.12 Å². The molecule has 0 saturated heterocycles. The standard InChI is InChI=1S/C5H12O4.C3H6O2S/c6-1-5(2-7,3-8)4-9;4-2-1-3(5)6/h6-9H,1-4H2;4H,1-2H2,(H,5,6). The van der Waals surface area contributed by atoms with Gasteiger partial charge in [-0.05, 0) is 0 Å². The van der Waals surface area contributed by atoms with E-state index < -0.39 is 31.8 Å². The van der Waals surface area contributed by atoms with Gasteiger partial charge >= 0.3 is 0 Å². The van der Waals surface area contributed by atoms with Crippen LogP contribution in [0.15, 0.2) is 0 Å². The second kappa shape index (κ2) is 10.3. The SMILES string of the molecule is O=C(S)CCO.OCC(CO)(CO)CO. The highest BCUT2D eigenvalue weighted by Crippen LogP contribution is 2.11. The quantitative estimate of drug-likeness (QED) is 0.293. The Morgan fingerprint density at radius 3 is 1.27 bits per heavy atom. The molecule has 0 aliphatic carbocycles. The van der Waals surface area contributed by atoms with Crippen LogP contribution in [0.4, 0.5) is 0 Å². The smallest absolute Gasteiger partial charge is 0.188 e. The molecule has 0 amide bonds. The normalized spacial score (nSPS) is 10.5. The van der Waals surface area contributed by atoms with Crippen molar-refractivity contribution in [2.75, 3.05) is 33.0 Å². The van der Waals surface area contributed by atoms with Crippen LogP contribution < -0.4 is 0 Å². The van der Waals surface area contributed by atoms with Crippen molar-refractivity contribution in [2.45, 2.75) is 6.42 Å². The molecular weight excluding hydrogens is 224 g/mol. The summed E-state index contributed by atoms with van der Waals surface area (Å²) in [6.07, 6.45) is 0.156. The summed E-state index contributed by atoms with van der Waals surface area (Å²) in [6, 6.07) is 0. The number of aliphatic hydroxyl groups is 5. The van der Waals surface area contributed by atoms with Crippen molar-refractivity contribution < 1.29 is 30.3 Å². The maximum Gasteiger partial charge on any atom is 0.188 e. The Labute approximate surface area is 93.6 Å². The first kappa shape index (κ1) is 17.2. The lowest BCUT2D eigenvalue weighted by Crippen LogP contribution is -2.37. The average molecular weight is 242 g/mol. The van der Waals surface area contributed by atoms with E-state index in [0.717, 1.165) is 0 Å². The number of aliphatic hydroxyl groups excluding tert-OH is 5. The summed E-state index contributed by atoms with van der Waals surface area (Å²) in [5, 5.41) is 41.7. The Morgan fingerprint density at radius 2 is 1.27 bits per heavy atom. The van der Waals surface area contributed by atoms with E-state index in [0.29, 0.717) is 0 Å². The minimum absolute atomic E-state index is 0.0949. The number of thiol groups is 1. The molecule has 0 atom stereocenters. The molecule has 0 heterocycles. The van der Waals surface area contributed by atoms with Crippen molar-refractivity contribution in [2.24, 2.45) is 5.41 Å². The first-order chi connectivity index (χ1) is 7.01. The van der Waals surface area contributed by atoms with Crippen LogP contribution in [0, 0.1) is 5.41 Å². The summed E-state index contributed by atoms with van der Waals surface area (Å²) in [5.41, 5.74) is -1.11. The Hall–Kier alpha value is -0.180. The van der Waals surface area contributed by atoms with E-state index in [1.54, 1.807) is 0 Å². The van der Waals surface area contributed by atoms with Crippen molar-refractivity contribution in [3.05, 3.63) is 0 Å². The highest BCUT2D eigenvalue weighted by Gasteiger charge is 2.26. The second-order valence-electron chi connectivity index (χ2n) is 3.00. The topological polar surface area (TPSA) is 118 Å². The summed E-state index contributed by atoms with van der Waals surface area (Å²) in [7, 11) is 0. The number of rotatable bonds is 6.